The number of hydrogen-bond donors (Lipinski definition) is 1. The molecule has 1 aliphatic heterocycles. The van der Waals surface area contributed by atoms with Crippen LogP contribution in [0.3, 0.4) is 0 Å². The number of rotatable bonds is 10. The first-order valence-electron chi connectivity index (χ1n) is 11.8. The average Bonchev–Trinajstić information content (AvgIpc) is 2.90. The van der Waals surface area contributed by atoms with Gasteiger partial charge in [0.05, 0.1) is 23.9 Å². The molecule has 6 nitrogen and oxygen atoms in total. The summed E-state index contributed by atoms with van der Waals surface area (Å²) in [5.74, 6) is -0.290. The maximum atomic E-state index is 12.8. The molecule has 1 N–H and O–H groups in total. The van der Waals surface area contributed by atoms with Crippen molar-refractivity contribution >= 4 is 40.6 Å². The number of benzene rings is 3. The van der Waals surface area contributed by atoms with E-state index in [4.69, 9.17) is 5.26 Å². The van der Waals surface area contributed by atoms with Crippen LogP contribution in [0.1, 0.15) is 25.7 Å². The van der Waals surface area contributed by atoms with E-state index in [9.17, 15) is 9.59 Å². The van der Waals surface area contributed by atoms with E-state index in [-0.39, 0.29) is 31.1 Å². The van der Waals surface area contributed by atoms with Gasteiger partial charge in [-0.1, -0.05) is 54.2 Å². The number of carbonyl (C=O) groups excluding carboxylic acids is 2. The van der Waals surface area contributed by atoms with Gasteiger partial charge in [0.15, 0.2) is 0 Å². The van der Waals surface area contributed by atoms with Crippen LogP contribution in [0.25, 0.3) is 0 Å². The summed E-state index contributed by atoms with van der Waals surface area (Å²) in [6.07, 6.45) is 1.26. The van der Waals surface area contributed by atoms with E-state index < -0.39 is 0 Å². The van der Waals surface area contributed by atoms with Crippen molar-refractivity contribution < 1.29 is 9.59 Å². The number of para-hydroxylation sites is 3. The molecule has 0 radical (unpaired) electrons. The van der Waals surface area contributed by atoms with E-state index in [0.717, 1.165) is 18.7 Å². The monoisotopic (exact) mass is 484 g/mol. The highest BCUT2D eigenvalue weighted by Crippen LogP contribution is 2.47. The lowest BCUT2D eigenvalue weighted by Gasteiger charge is -2.32. The van der Waals surface area contributed by atoms with Gasteiger partial charge in [0.2, 0.25) is 11.8 Å². The number of hydrogen-bond acceptors (Lipinski definition) is 5. The molecule has 35 heavy (non-hydrogen) atoms. The molecule has 0 saturated carbocycles. The Hall–Kier alpha value is -3.76. The molecule has 178 valence electrons. The molecule has 0 aliphatic carbocycles. The Bertz CT molecular complexity index is 1160. The lowest BCUT2D eigenvalue weighted by Crippen LogP contribution is -2.33. The van der Waals surface area contributed by atoms with Crippen molar-refractivity contribution in [3.63, 3.8) is 0 Å². The van der Waals surface area contributed by atoms with E-state index in [0.29, 0.717) is 13.1 Å². The molecule has 0 fully saturated rings. The van der Waals surface area contributed by atoms with E-state index in [1.807, 2.05) is 30.3 Å². The molecule has 0 spiro atoms. The van der Waals surface area contributed by atoms with Gasteiger partial charge in [-0.25, -0.2) is 0 Å². The molecule has 3 aromatic carbocycles. The zero-order valence-electron chi connectivity index (χ0n) is 19.5. The average molecular weight is 485 g/mol. The second kappa shape index (κ2) is 12.1. The van der Waals surface area contributed by atoms with Crippen LogP contribution in [0.4, 0.5) is 17.1 Å². The van der Waals surface area contributed by atoms with Crippen LogP contribution in [0.5, 0.6) is 0 Å². The summed E-state index contributed by atoms with van der Waals surface area (Å²) in [5, 5.41) is 11.9. The van der Waals surface area contributed by atoms with Gasteiger partial charge < -0.3 is 15.1 Å². The molecule has 0 atom stereocenters. The zero-order chi connectivity index (χ0) is 24.5. The summed E-state index contributed by atoms with van der Waals surface area (Å²) in [7, 11) is 0. The van der Waals surface area contributed by atoms with Crippen molar-refractivity contribution in [1.29, 1.82) is 5.26 Å². The maximum Gasteiger partial charge on any atom is 0.227 e. The molecule has 0 aromatic heterocycles. The summed E-state index contributed by atoms with van der Waals surface area (Å²) in [6.45, 7) is 1.64. The SMILES string of the molecule is N#CCCN(C(=O)CCC(=O)NCCCN1c2ccccc2Sc2ccccc21)c1ccccc1. The molecule has 0 saturated heterocycles. The summed E-state index contributed by atoms with van der Waals surface area (Å²) in [6, 6.07) is 28.1. The van der Waals surface area contributed by atoms with Crippen molar-refractivity contribution in [2.45, 2.75) is 35.5 Å². The molecule has 0 unspecified atom stereocenters. The highest BCUT2D eigenvalue weighted by molar-refractivity contribution is 7.99. The fourth-order valence-corrected chi connectivity index (χ4v) is 5.19. The first-order valence-corrected chi connectivity index (χ1v) is 12.6. The third-order valence-electron chi connectivity index (χ3n) is 5.79. The molecular formula is C28H28N4O2S. The Kier molecular flexibility index (Phi) is 8.42. The third kappa shape index (κ3) is 6.23. The largest absolute Gasteiger partial charge is 0.356 e. The Morgan fingerprint density at radius 2 is 1.51 bits per heavy atom. The Morgan fingerprint density at radius 3 is 2.17 bits per heavy atom. The topological polar surface area (TPSA) is 76.4 Å². The Balaban J connectivity index is 1.27. The normalized spacial score (nSPS) is 11.7. The number of nitrogens with one attached hydrogen (secondary N) is 1. The fraction of sp³-hybridized carbons (Fsp3) is 0.250. The van der Waals surface area contributed by atoms with Gasteiger partial charge in [0, 0.05) is 48.0 Å². The van der Waals surface area contributed by atoms with Crippen molar-refractivity contribution in [2.24, 2.45) is 0 Å². The predicted molar refractivity (Wildman–Crippen MR) is 140 cm³/mol. The molecule has 4 rings (SSSR count). The van der Waals surface area contributed by atoms with Gasteiger partial charge >= 0.3 is 0 Å². The van der Waals surface area contributed by atoms with Crippen molar-refractivity contribution in [1.82, 2.24) is 5.32 Å². The molecule has 2 amide bonds. The van der Waals surface area contributed by atoms with E-state index >= 15 is 0 Å². The Morgan fingerprint density at radius 1 is 0.886 bits per heavy atom. The second-order valence-corrected chi connectivity index (χ2v) is 9.27. The van der Waals surface area contributed by atoms with E-state index in [1.165, 1.54) is 21.2 Å². The van der Waals surface area contributed by atoms with Crippen molar-refractivity contribution in [2.75, 3.05) is 29.4 Å². The van der Waals surface area contributed by atoms with Gasteiger partial charge in [0.1, 0.15) is 0 Å². The quantitative estimate of drug-likeness (QED) is 0.383. The highest BCUT2D eigenvalue weighted by atomic mass is 32.2. The minimum absolute atomic E-state index is 0.107. The van der Waals surface area contributed by atoms with Crippen molar-refractivity contribution in [3.8, 4) is 6.07 Å². The first kappa shape index (κ1) is 24.4. The smallest absolute Gasteiger partial charge is 0.227 e. The summed E-state index contributed by atoms with van der Waals surface area (Å²) >= 11 is 1.78. The molecule has 1 heterocycles. The number of nitriles is 1. The van der Waals surface area contributed by atoms with Gasteiger partial charge in [0.25, 0.3) is 0 Å². The summed E-state index contributed by atoms with van der Waals surface area (Å²) in [4.78, 5) is 31.5. The van der Waals surface area contributed by atoms with Gasteiger partial charge in [-0.2, -0.15) is 5.26 Å². The Labute approximate surface area is 210 Å². The predicted octanol–water partition coefficient (Wildman–Crippen LogP) is 5.52. The third-order valence-corrected chi connectivity index (χ3v) is 6.93. The molecule has 0 bridgehead atoms. The van der Waals surface area contributed by atoms with Crippen LogP contribution >= 0.6 is 11.8 Å². The summed E-state index contributed by atoms with van der Waals surface area (Å²) in [5.41, 5.74) is 3.12. The molecular weight excluding hydrogens is 456 g/mol. The number of nitrogens with zero attached hydrogens (tertiary/aromatic N) is 3. The van der Waals surface area contributed by atoms with Gasteiger partial charge in [-0.15, -0.1) is 0 Å². The zero-order valence-corrected chi connectivity index (χ0v) is 20.3. The lowest BCUT2D eigenvalue weighted by molar-refractivity contribution is -0.125. The van der Waals surface area contributed by atoms with Crippen LogP contribution in [-0.2, 0) is 9.59 Å². The van der Waals surface area contributed by atoms with Crippen LogP contribution in [-0.4, -0.2) is 31.4 Å². The van der Waals surface area contributed by atoms with Crippen LogP contribution in [0, 0.1) is 11.3 Å². The van der Waals surface area contributed by atoms with Gasteiger partial charge in [-0.3, -0.25) is 9.59 Å². The number of carbonyl (C=O) groups is 2. The number of fused-ring (bicyclic) bond motifs is 2. The minimum atomic E-state index is -0.152. The van der Waals surface area contributed by atoms with Crippen molar-refractivity contribution in [3.05, 3.63) is 78.9 Å². The van der Waals surface area contributed by atoms with Crippen LogP contribution in [0.2, 0.25) is 0 Å². The summed E-state index contributed by atoms with van der Waals surface area (Å²) < 4.78 is 0. The standard InChI is InChI=1S/C28H28N4O2S/c29-18-8-20-31(22-10-2-1-3-11-22)28(34)17-16-27(33)30-19-9-21-32-23-12-4-6-14-25(23)35-26-15-7-5-13-24(26)32/h1-7,10-15H,8-9,16-17,19-21H2,(H,30,33). The van der Waals surface area contributed by atoms with Crippen LogP contribution < -0.4 is 15.1 Å². The lowest BCUT2D eigenvalue weighted by atomic mass is 10.2. The number of amides is 2. The molecule has 3 aromatic rings. The van der Waals surface area contributed by atoms with E-state index in [1.54, 1.807) is 16.7 Å². The second-order valence-electron chi connectivity index (χ2n) is 8.18. The maximum absolute atomic E-state index is 12.8. The fourth-order valence-electron chi connectivity index (χ4n) is 4.10. The van der Waals surface area contributed by atoms with Crippen LogP contribution in [0.15, 0.2) is 88.7 Å². The van der Waals surface area contributed by atoms with E-state index in [2.05, 4.69) is 64.8 Å². The highest BCUT2D eigenvalue weighted by Gasteiger charge is 2.22. The molecule has 1 aliphatic rings. The minimum Gasteiger partial charge on any atom is -0.356 e. The first-order chi connectivity index (χ1) is 17.2. The number of anilines is 3. The van der Waals surface area contributed by atoms with Gasteiger partial charge in [-0.05, 0) is 42.8 Å². The molecule has 7 heteroatoms.